The van der Waals surface area contributed by atoms with Crippen molar-refractivity contribution in [3.63, 3.8) is 0 Å². The average molecular weight is 472 g/mol. The molecule has 0 bridgehead atoms. The van der Waals surface area contributed by atoms with Gasteiger partial charge < -0.3 is 21.1 Å². The van der Waals surface area contributed by atoms with E-state index in [-0.39, 0.29) is 41.5 Å². The number of hydrogen-bond acceptors (Lipinski definition) is 9. The average Bonchev–Trinajstić information content (AvgIpc) is 3.12. The summed E-state index contributed by atoms with van der Waals surface area (Å²) in [5.41, 5.74) is 5.72. The van der Waals surface area contributed by atoms with Crippen LogP contribution in [0.4, 0.5) is 15.9 Å². The van der Waals surface area contributed by atoms with Crippen LogP contribution in [-0.2, 0) is 9.59 Å². The lowest BCUT2D eigenvalue weighted by Gasteiger charge is -2.45. The predicted octanol–water partition coefficient (Wildman–Crippen LogP) is -0.501. The van der Waals surface area contributed by atoms with Crippen molar-refractivity contribution < 1.29 is 28.9 Å². The second-order valence-corrected chi connectivity index (χ2v) is 7.09. The number of rotatable bonds is 5. The van der Waals surface area contributed by atoms with Gasteiger partial charge in [-0.15, -0.1) is 0 Å². The second-order valence-electron chi connectivity index (χ2n) is 6.24. The topological polar surface area (TPSA) is 179 Å². The molecule has 3 rings (SSSR count). The number of aliphatic imine (C=N–C) groups is 1. The van der Waals surface area contributed by atoms with Gasteiger partial charge in [0.15, 0.2) is 11.5 Å². The van der Waals surface area contributed by atoms with E-state index in [9.17, 15) is 24.3 Å². The van der Waals surface area contributed by atoms with Crippen molar-refractivity contribution in [1.82, 2.24) is 20.7 Å². The molecule has 154 valence electrons. The smallest absolute Gasteiger partial charge is 0.311 e. The van der Waals surface area contributed by atoms with Gasteiger partial charge in [-0.05, 0) is 44.4 Å². The maximum atomic E-state index is 13.3. The highest BCUT2D eigenvalue weighted by atomic mass is 79.9. The minimum Gasteiger partial charge on any atom is -0.384 e. The van der Waals surface area contributed by atoms with Crippen LogP contribution in [0.25, 0.3) is 0 Å². The molecule has 29 heavy (non-hydrogen) atoms. The Morgan fingerprint density at radius 1 is 1.41 bits per heavy atom. The number of likely N-dealkylation sites (tertiary alicyclic amines) is 1. The Morgan fingerprint density at radius 2 is 2.14 bits per heavy atom. The molecule has 0 saturated carbocycles. The van der Waals surface area contributed by atoms with Gasteiger partial charge in [-0.25, -0.2) is 14.0 Å². The van der Waals surface area contributed by atoms with Gasteiger partial charge in [-0.3, -0.25) is 20.3 Å². The lowest BCUT2D eigenvalue weighted by atomic mass is 9.94. The molecule has 1 aliphatic heterocycles. The van der Waals surface area contributed by atoms with E-state index in [2.05, 4.69) is 41.2 Å². The summed E-state index contributed by atoms with van der Waals surface area (Å²) >= 11 is 3.04. The van der Waals surface area contributed by atoms with E-state index in [1.54, 1.807) is 0 Å². The fourth-order valence-electron chi connectivity index (χ4n) is 2.60. The van der Waals surface area contributed by atoms with Crippen molar-refractivity contribution in [2.45, 2.75) is 5.60 Å². The Bertz CT molecular complexity index is 976. The SMILES string of the molecule is NC(=O)C(=O)N1CC(O)(CNc2nonc2C(=Nc2ccc(F)c(Br)c2)NO)C1. The number of carbonyl (C=O) groups is 2. The number of nitrogens with zero attached hydrogens (tertiary/aromatic N) is 4. The van der Waals surface area contributed by atoms with Crippen LogP contribution in [0, 0.1) is 5.82 Å². The van der Waals surface area contributed by atoms with Crippen molar-refractivity contribution in [3.8, 4) is 0 Å². The molecule has 0 radical (unpaired) electrons. The lowest BCUT2D eigenvalue weighted by molar-refractivity contribution is -0.159. The molecular weight excluding hydrogens is 457 g/mol. The Morgan fingerprint density at radius 3 is 2.76 bits per heavy atom. The molecule has 1 aromatic carbocycles. The second kappa shape index (κ2) is 8.10. The highest BCUT2D eigenvalue weighted by Gasteiger charge is 2.45. The Hall–Kier alpha value is -3.10. The van der Waals surface area contributed by atoms with Crippen LogP contribution < -0.4 is 16.5 Å². The molecule has 0 spiro atoms. The first-order valence-electron chi connectivity index (χ1n) is 8.04. The van der Waals surface area contributed by atoms with Gasteiger partial charge in [-0.2, -0.15) is 0 Å². The summed E-state index contributed by atoms with van der Waals surface area (Å²) in [7, 11) is 0. The fourth-order valence-corrected chi connectivity index (χ4v) is 2.96. The summed E-state index contributed by atoms with van der Waals surface area (Å²) in [6, 6.07) is 3.94. The van der Waals surface area contributed by atoms with Gasteiger partial charge in [0.25, 0.3) is 0 Å². The number of amides is 2. The number of primary amides is 1. The summed E-state index contributed by atoms with van der Waals surface area (Å²) in [6.07, 6.45) is 0. The number of nitrogens with two attached hydrogens (primary N) is 1. The zero-order valence-corrected chi connectivity index (χ0v) is 16.2. The fraction of sp³-hybridized carbons (Fsp3) is 0.267. The van der Waals surface area contributed by atoms with Gasteiger partial charge in [0, 0.05) is 6.54 Å². The van der Waals surface area contributed by atoms with Crippen LogP contribution >= 0.6 is 15.9 Å². The Kier molecular flexibility index (Phi) is 5.76. The first-order valence-corrected chi connectivity index (χ1v) is 8.83. The minimum absolute atomic E-state index is 0.0130. The molecule has 2 heterocycles. The third-order valence-corrected chi connectivity index (χ3v) is 4.62. The van der Waals surface area contributed by atoms with Crippen LogP contribution in [0.1, 0.15) is 5.69 Å². The third-order valence-electron chi connectivity index (χ3n) is 4.02. The number of amidine groups is 1. The molecule has 2 aromatic rings. The standard InChI is InChI=1S/C15H15BrFN7O5/c16-8-3-7(1-2-9(8)17)20-13(21-28)10-12(23-29-22-10)19-4-15(27)5-24(6-15)14(26)11(18)25/h1-3,27-28H,4-6H2,(H2,18,25)(H,19,23)(H,20,21). The molecule has 14 heteroatoms. The number of aromatic nitrogens is 2. The van der Waals surface area contributed by atoms with Gasteiger partial charge in [0.1, 0.15) is 11.4 Å². The first kappa shape index (κ1) is 20.6. The highest BCUT2D eigenvalue weighted by Crippen LogP contribution is 2.24. The summed E-state index contributed by atoms with van der Waals surface area (Å²) in [6.45, 7) is -0.284. The van der Waals surface area contributed by atoms with Crippen molar-refractivity contribution in [2.24, 2.45) is 10.7 Å². The van der Waals surface area contributed by atoms with E-state index < -0.39 is 23.2 Å². The molecule has 1 aromatic heterocycles. The summed E-state index contributed by atoms with van der Waals surface area (Å²) in [4.78, 5) is 27.5. The zero-order valence-electron chi connectivity index (χ0n) is 14.6. The largest absolute Gasteiger partial charge is 0.384 e. The normalized spacial score (nSPS) is 15.6. The molecule has 12 nitrogen and oxygen atoms in total. The van der Waals surface area contributed by atoms with Gasteiger partial charge in [0.2, 0.25) is 5.82 Å². The molecule has 2 amide bonds. The lowest BCUT2D eigenvalue weighted by Crippen LogP contribution is -2.67. The zero-order chi connectivity index (χ0) is 21.2. The van der Waals surface area contributed by atoms with Gasteiger partial charge in [-0.1, -0.05) is 0 Å². The van der Waals surface area contributed by atoms with Crippen LogP contribution in [0.5, 0.6) is 0 Å². The number of aliphatic hydroxyl groups is 1. The molecule has 6 N–H and O–H groups in total. The van der Waals surface area contributed by atoms with Crippen molar-refractivity contribution in [2.75, 3.05) is 25.0 Å². The number of hydrogen-bond donors (Lipinski definition) is 5. The predicted molar refractivity (Wildman–Crippen MR) is 98.7 cm³/mol. The van der Waals surface area contributed by atoms with E-state index in [1.807, 2.05) is 5.48 Å². The van der Waals surface area contributed by atoms with E-state index >= 15 is 0 Å². The van der Waals surface area contributed by atoms with Gasteiger partial charge in [0.05, 0.1) is 23.2 Å². The van der Waals surface area contributed by atoms with Crippen molar-refractivity contribution in [1.29, 1.82) is 0 Å². The highest BCUT2D eigenvalue weighted by molar-refractivity contribution is 9.10. The molecular formula is C15H15BrFN7O5. The Labute approximate surface area is 170 Å². The third kappa shape index (κ3) is 4.49. The van der Waals surface area contributed by atoms with Crippen molar-refractivity contribution >= 4 is 45.1 Å². The Balaban J connectivity index is 1.70. The first-order chi connectivity index (χ1) is 13.7. The molecule has 1 saturated heterocycles. The molecule has 1 fully saturated rings. The number of carbonyl (C=O) groups excluding carboxylic acids is 2. The number of hydroxylamine groups is 1. The van der Waals surface area contributed by atoms with Crippen LogP contribution in [0.2, 0.25) is 0 Å². The van der Waals surface area contributed by atoms with Gasteiger partial charge >= 0.3 is 11.8 Å². The molecule has 0 aliphatic carbocycles. The monoisotopic (exact) mass is 471 g/mol. The molecule has 0 unspecified atom stereocenters. The summed E-state index contributed by atoms with van der Waals surface area (Å²) in [5.74, 6) is -2.59. The number of β-amino-alcohol motifs (C(OH)–C–C–N with tert-alkyl or cyclic N) is 1. The van der Waals surface area contributed by atoms with E-state index in [0.717, 1.165) is 4.90 Å². The van der Waals surface area contributed by atoms with Crippen LogP contribution in [-0.4, -0.2) is 68.4 Å². The van der Waals surface area contributed by atoms with E-state index in [0.29, 0.717) is 5.69 Å². The van der Waals surface area contributed by atoms with Crippen LogP contribution in [0.3, 0.4) is 0 Å². The van der Waals surface area contributed by atoms with Crippen LogP contribution in [0.15, 0.2) is 32.3 Å². The quantitative estimate of drug-likeness (QED) is 0.166. The molecule has 0 atom stereocenters. The maximum absolute atomic E-state index is 13.3. The van der Waals surface area contributed by atoms with E-state index in [1.165, 1.54) is 18.2 Å². The maximum Gasteiger partial charge on any atom is 0.311 e. The summed E-state index contributed by atoms with van der Waals surface area (Å²) in [5, 5.41) is 29.8. The minimum atomic E-state index is -1.33. The molecule has 1 aliphatic rings. The summed E-state index contributed by atoms with van der Waals surface area (Å²) < 4.78 is 18.2. The number of halogens is 2. The van der Waals surface area contributed by atoms with E-state index in [4.69, 9.17) is 5.73 Å². The number of nitrogens with one attached hydrogen (secondary N) is 2. The number of anilines is 1. The number of benzene rings is 1. The van der Waals surface area contributed by atoms with Crippen molar-refractivity contribution in [3.05, 3.63) is 34.2 Å².